The number of benzene rings is 1. The molecule has 2 aromatic rings. The molecule has 1 fully saturated rings. The maximum absolute atomic E-state index is 12.8. The van der Waals surface area contributed by atoms with E-state index in [2.05, 4.69) is 10.2 Å². The van der Waals surface area contributed by atoms with Gasteiger partial charge < -0.3 is 14.7 Å². The number of rotatable bonds is 3. The summed E-state index contributed by atoms with van der Waals surface area (Å²) in [6.07, 6.45) is 6.53. The fourth-order valence-electron chi connectivity index (χ4n) is 2.94. The number of piperidine rings is 1. The van der Waals surface area contributed by atoms with Crippen LogP contribution in [0, 0.1) is 0 Å². The lowest BCUT2D eigenvalue weighted by molar-refractivity contribution is 0.0608. The molecule has 22 heavy (non-hydrogen) atoms. The number of carbonyl (C=O) groups excluding carboxylic acids is 1. The van der Waals surface area contributed by atoms with Gasteiger partial charge in [-0.3, -0.25) is 9.89 Å². The zero-order valence-electron chi connectivity index (χ0n) is 12.5. The average Bonchev–Trinajstić information content (AvgIpc) is 3.08. The van der Waals surface area contributed by atoms with Gasteiger partial charge in [0.05, 0.1) is 24.9 Å². The van der Waals surface area contributed by atoms with Crippen LogP contribution in [0.4, 0.5) is 0 Å². The van der Waals surface area contributed by atoms with Gasteiger partial charge in [0.15, 0.2) is 0 Å². The number of H-pyrrole nitrogens is 1. The zero-order valence-corrected chi connectivity index (χ0v) is 12.5. The largest absolute Gasteiger partial charge is 0.507 e. The Morgan fingerprint density at radius 1 is 1.45 bits per heavy atom. The molecule has 6 heteroatoms. The van der Waals surface area contributed by atoms with Crippen molar-refractivity contribution in [2.24, 2.45) is 0 Å². The number of aromatic hydroxyl groups is 1. The van der Waals surface area contributed by atoms with Gasteiger partial charge in [0.1, 0.15) is 11.5 Å². The monoisotopic (exact) mass is 301 g/mol. The molecule has 6 nitrogen and oxygen atoms in total. The third kappa shape index (κ3) is 2.64. The van der Waals surface area contributed by atoms with Crippen molar-refractivity contribution >= 4 is 5.91 Å². The van der Waals surface area contributed by atoms with E-state index in [1.165, 1.54) is 13.2 Å². The van der Waals surface area contributed by atoms with E-state index in [0.29, 0.717) is 17.9 Å². The quantitative estimate of drug-likeness (QED) is 0.913. The first-order valence-electron chi connectivity index (χ1n) is 7.37. The van der Waals surface area contributed by atoms with Crippen molar-refractivity contribution < 1.29 is 14.6 Å². The van der Waals surface area contributed by atoms with Crippen LogP contribution >= 0.6 is 0 Å². The second kappa shape index (κ2) is 6.09. The molecule has 0 bridgehead atoms. The Hall–Kier alpha value is -2.50. The standard InChI is InChI=1S/C16H19N3O3/c1-22-12-5-6-13(15(20)8-12)16(21)19-7-3-2-4-14(19)11-9-17-18-10-11/h5-6,8-10,14,20H,2-4,7H2,1H3,(H,17,18). The normalized spacial score (nSPS) is 18.2. The molecule has 1 aromatic carbocycles. The number of carbonyl (C=O) groups is 1. The summed E-state index contributed by atoms with van der Waals surface area (Å²) in [6.45, 7) is 0.681. The number of hydrogen-bond donors (Lipinski definition) is 2. The number of methoxy groups -OCH3 is 1. The van der Waals surface area contributed by atoms with E-state index in [0.717, 1.165) is 24.8 Å². The minimum atomic E-state index is -0.161. The Bertz CT molecular complexity index is 655. The highest BCUT2D eigenvalue weighted by molar-refractivity contribution is 5.97. The van der Waals surface area contributed by atoms with Gasteiger partial charge >= 0.3 is 0 Å². The first-order valence-corrected chi connectivity index (χ1v) is 7.37. The van der Waals surface area contributed by atoms with Gasteiger partial charge in [0.2, 0.25) is 0 Å². The van der Waals surface area contributed by atoms with Crippen LogP contribution in [0.1, 0.15) is 41.2 Å². The van der Waals surface area contributed by atoms with Crippen LogP contribution in [-0.2, 0) is 0 Å². The minimum Gasteiger partial charge on any atom is -0.507 e. The molecule has 116 valence electrons. The summed E-state index contributed by atoms with van der Waals surface area (Å²) in [5.74, 6) is 0.311. The number of aromatic nitrogens is 2. The maximum atomic E-state index is 12.8. The van der Waals surface area contributed by atoms with Crippen LogP contribution in [-0.4, -0.2) is 39.8 Å². The molecule has 1 atom stereocenters. The summed E-state index contributed by atoms with van der Waals surface area (Å²) in [6, 6.07) is 4.76. The Morgan fingerprint density at radius 3 is 3.00 bits per heavy atom. The maximum Gasteiger partial charge on any atom is 0.258 e. The molecule has 3 rings (SSSR count). The number of phenolic OH excluding ortho intramolecular Hbond substituents is 1. The second-order valence-corrected chi connectivity index (χ2v) is 5.42. The predicted octanol–water partition coefficient (Wildman–Crippen LogP) is 2.49. The molecule has 1 saturated heterocycles. The molecule has 0 radical (unpaired) electrons. The molecule has 2 heterocycles. The Labute approximate surface area is 128 Å². The highest BCUT2D eigenvalue weighted by Gasteiger charge is 2.30. The summed E-state index contributed by atoms with van der Waals surface area (Å²) < 4.78 is 5.06. The molecule has 1 aliphatic heterocycles. The van der Waals surface area contributed by atoms with Crippen molar-refractivity contribution in [3.63, 3.8) is 0 Å². The van der Waals surface area contributed by atoms with E-state index in [1.54, 1.807) is 18.3 Å². The lowest BCUT2D eigenvalue weighted by Crippen LogP contribution is -2.38. The molecule has 0 aliphatic carbocycles. The van der Waals surface area contributed by atoms with E-state index in [-0.39, 0.29) is 17.7 Å². The van der Waals surface area contributed by atoms with Gasteiger partial charge in [-0.1, -0.05) is 0 Å². The van der Waals surface area contributed by atoms with Crippen molar-refractivity contribution in [3.8, 4) is 11.5 Å². The molecule has 1 unspecified atom stereocenters. The number of aromatic amines is 1. The van der Waals surface area contributed by atoms with Crippen LogP contribution in [0.3, 0.4) is 0 Å². The Morgan fingerprint density at radius 2 is 2.32 bits per heavy atom. The topological polar surface area (TPSA) is 78.5 Å². The molecule has 1 aliphatic rings. The van der Waals surface area contributed by atoms with E-state index >= 15 is 0 Å². The van der Waals surface area contributed by atoms with Crippen molar-refractivity contribution in [2.75, 3.05) is 13.7 Å². The molecule has 0 spiro atoms. The van der Waals surface area contributed by atoms with Gasteiger partial charge in [-0.2, -0.15) is 5.10 Å². The van der Waals surface area contributed by atoms with Crippen molar-refractivity contribution in [1.82, 2.24) is 15.1 Å². The zero-order chi connectivity index (χ0) is 15.5. The summed E-state index contributed by atoms with van der Waals surface area (Å²) in [5, 5.41) is 16.9. The SMILES string of the molecule is COc1ccc(C(=O)N2CCCCC2c2cn[nH]c2)c(O)c1. The van der Waals surface area contributed by atoms with Crippen LogP contribution in [0.15, 0.2) is 30.6 Å². The number of ether oxygens (including phenoxy) is 1. The fourth-order valence-corrected chi connectivity index (χ4v) is 2.94. The highest BCUT2D eigenvalue weighted by atomic mass is 16.5. The molecule has 1 aromatic heterocycles. The third-order valence-electron chi connectivity index (χ3n) is 4.10. The van der Waals surface area contributed by atoms with Gasteiger partial charge in [-0.05, 0) is 31.4 Å². The molecule has 0 saturated carbocycles. The van der Waals surface area contributed by atoms with Crippen molar-refractivity contribution in [2.45, 2.75) is 25.3 Å². The van der Waals surface area contributed by atoms with Crippen LogP contribution in [0.5, 0.6) is 11.5 Å². The van der Waals surface area contributed by atoms with Crippen molar-refractivity contribution in [3.05, 3.63) is 41.7 Å². The summed E-state index contributed by atoms with van der Waals surface area (Å²) in [5.41, 5.74) is 1.30. The van der Waals surface area contributed by atoms with Crippen LogP contribution < -0.4 is 4.74 Å². The first kappa shape index (κ1) is 14.4. The predicted molar refractivity (Wildman–Crippen MR) is 80.9 cm³/mol. The van der Waals surface area contributed by atoms with E-state index in [9.17, 15) is 9.90 Å². The number of likely N-dealkylation sites (tertiary alicyclic amines) is 1. The Kier molecular flexibility index (Phi) is 4.00. The van der Waals surface area contributed by atoms with Gasteiger partial charge in [0, 0.05) is 24.4 Å². The number of hydrogen-bond acceptors (Lipinski definition) is 4. The first-order chi connectivity index (χ1) is 10.7. The number of amides is 1. The van der Waals surface area contributed by atoms with Crippen LogP contribution in [0.2, 0.25) is 0 Å². The number of nitrogens with one attached hydrogen (secondary N) is 1. The lowest BCUT2D eigenvalue weighted by atomic mass is 9.96. The molecule has 2 N–H and O–H groups in total. The second-order valence-electron chi connectivity index (χ2n) is 5.42. The average molecular weight is 301 g/mol. The molecular weight excluding hydrogens is 282 g/mol. The minimum absolute atomic E-state index is 0.00139. The van der Waals surface area contributed by atoms with Gasteiger partial charge in [-0.15, -0.1) is 0 Å². The Balaban J connectivity index is 1.89. The van der Waals surface area contributed by atoms with Crippen molar-refractivity contribution in [1.29, 1.82) is 0 Å². The summed E-state index contributed by atoms with van der Waals surface area (Å²) in [7, 11) is 1.52. The summed E-state index contributed by atoms with van der Waals surface area (Å²) >= 11 is 0. The smallest absolute Gasteiger partial charge is 0.258 e. The highest BCUT2D eigenvalue weighted by Crippen LogP contribution is 2.33. The van der Waals surface area contributed by atoms with Gasteiger partial charge in [-0.25, -0.2) is 0 Å². The number of nitrogens with zero attached hydrogens (tertiary/aromatic N) is 2. The molecular formula is C16H19N3O3. The van der Waals surface area contributed by atoms with Gasteiger partial charge in [0.25, 0.3) is 5.91 Å². The summed E-state index contributed by atoms with van der Waals surface area (Å²) in [4.78, 5) is 14.6. The lowest BCUT2D eigenvalue weighted by Gasteiger charge is -2.35. The third-order valence-corrected chi connectivity index (χ3v) is 4.10. The fraction of sp³-hybridized carbons (Fsp3) is 0.375. The van der Waals surface area contributed by atoms with Crippen LogP contribution in [0.25, 0.3) is 0 Å². The van der Waals surface area contributed by atoms with E-state index in [4.69, 9.17) is 4.74 Å². The number of phenols is 1. The van der Waals surface area contributed by atoms with E-state index in [1.807, 2.05) is 11.1 Å². The molecule has 1 amide bonds. The van der Waals surface area contributed by atoms with E-state index < -0.39 is 0 Å².